The maximum Gasteiger partial charge on any atom is 0.169 e. The molecule has 0 saturated heterocycles. The Morgan fingerprint density at radius 1 is 0.326 bits per heavy atom. The molecule has 1 unspecified atom stereocenters. The van der Waals surface area contributed by atoms with Gasteiger partial charge in [-0.3, -0.25) is 0 Å². The van der Waals surface area contributed by atoms with Gasteiger partial charge in [0.05, 0.1) is 0 Å². The van der Waals surface area contributed by atoms with Crippen molar-refractivity contribution in [3.05, 3.63) is 30.6 Å². The number of aromatic nitrogens is 1. The Morgan fingerprint density at radius 2 is 0.558 bits per heavy atom. The highest BCUT2D eigenvalue weighted by atomic mass is 35.5. The SMILES string of the molecule is CCCCCCCCCCCCCCCCCCC(CCCCCCCCCCCCCCCCC)[n+]1ccccc1.[Cl-]. The molecule has 0 spiro atoms. The van der Waals surface area contributed by atoms with Crippen LogP contribution in [0.1, 0.15) is 232 Å². The molecular weight excluding hydrogens is 542 g/mol. The highest BCUT2D eigenvalue weighted by Crippen LogP contribution is 2.20. The predicted octanol–water partition coefficient (Wildman–Crippen LogP) is 11.4. The summed E-state index contributed by atoms with van der Waals surface area (Å²) in [6.45, 7) is 4.62. The lowest BCUT2D eigenvalue weighted by Crippen LogP contribution is -3.00. The Balaban J connectivity index is 0.0000176. The van der Waals surface area contributed by atoms with Crippen molar-refractivity contribution in [2.45, 2.75) is 232 Å². The summed E-state index contributed by atoms with van der Waals surface area (Å²) < 4.78 is 2.51. The van der Waals surface area contributed by atoms with Gasteiger partial charge in [0.1, 0.15) is 0 Å². The summed E-state index contributed by atoms with van der Waals surface area (Å²) in [5.74, 6) is 0. The molecule has 1 heterocycles. The minimum Gasteiger partial charge on any atom is -1.00 e. The normalized spacial score (nSPS) is 12.0. The molecule has 1 rings (SSSR count). The molecule has 254 valence electrons. The lowest BCUT2D eigenvalue weighted by molar-refractivity contribution is -0.724. The van der Waals surface area contributed by atoms with Gasteiger partial charge in [-0.25, -0.2) is 4.57 Å². The molecule has 1 nitrogen and oxygen atoms in total. The molecule has 0 amide bonds. The van der Waals surface area contributed by atoms with E-state index in [4.69, 9.17) is 0 Å². The van der Waals surface area contributed by atoms with Gasteiger partial charge in [-0.15, -0.1) is 0 Å². The minimum atomic E-state index is 0. The van der Waals surface area contributed by atoms with Crippen molar-refractivity contribution < 1.29 is 17.0 Å². The van der Waals surface area contributed by atoms with Crippen LogP contribution in [0.4, 0.5) is 0 Å². The van der Waals surface area contributed by atoms with E-state index < -0.39 is 0 Å². The second kappa shape index (κ2) is 35.9. The molecule has 0 saturated carbocycles. The number of rotatable bonds is 34. The smallest absolute Gasteiger partial charge is 0.169 e. The molecule has 0 aliphatic heterocycles. The fraction of sp³-hybridized carbons (Fsp3) is 0.878. The summed E-state index contributed by atoms with van der Waals surface area (Å²) in [4.78, 5) is 0. The topological polar surface area (TPSA) is 3.88 Å². The van der Waals surface area contributed by atoms with Crippen LogP contribution in [0, 0.1) is 0 Å². The van der Waals surface area contributed by atoms with Crippen LogP contribution >= 0.6 is 0 Å². The second-order valence-corrected chi connectivity index (χ2v) is 13.8. The van der Waals surface area contributed by atoms with Gasteiger partial charge >= 0.3 is 0 Å². The molecule has 1 aromatic heterocycles. The van der Waals surface area contributed by atoms with Crippen LogP contribution in [0.2, 0.25) is 0 Å². The van der Waals surface area contributed by atoms with Gasteiger partial charge in [-0.05, 0) is 12.8 Å². The van der Waals surface area contributed by atoms with E-state index in [1.54, 1.807) is 0 Å². The number of hydrogen-bond acceptors (Lipinski definition) is 0. The van der Waals surface area contributed by atoms with Gasteiger partial charge < -0.3 is 12.4 Å². The average Bonchev–Trinajstić information content (AvgIpc) is 3.02. The van der Waals surface area contributed by atoms with Gasteiger partial charge in [0.2, 0.25) is 0 Å². The molecule has 2 heteroatoms. The highest BCUT2D eigenvalue weighted by Gasteiger charge is 2.17. The molecule has 43 heavy (non-hydrogen) atoms. The lowest BCUT2D eigenvalue weighted by atomic mass is 9.99. The molecule has 0 fully saturated rings. The fourth-order valence-corrected chi connectivity index (χ4v) is 6.78. The van der Waals surface area contributed by atoms with Crippen LogP contribution in [0.3, 0.4) is 0 Å². The first-order valence-electron chi connectivity index (χ1n) is 19.8. The Morgan fingerprint density at radius 3 is 0.814 bits per heavy atom. The lowest BCUT2D eigenvalue weighted by Gasteiger charge is -2.13. The molecule has 0 aliphatic rings. The van der Waals surface area contributed by atoms with Crippen molar-refractivity contribution in [2.75, 3.05) is 0 Å². The third-order valence-corrected chi connectivity index (χ3v) is 9.69. The van der Waals surface area contributed by atoms with Crippen LogP contribution in [0.5, 0.6) is 0 Å². The van der Waals surface area contributed by atoms with Crippen LogP contribution in [-0.2, 0) is 0 Å². The second-order valence-electron chi connectivity index (χ2n) is 13.8. The fourth-order valence-electron chi connectivity index (χ4n) is 6.78. The Kier molecular flexibility index (Phi) is 35.4. The minimum absolute atomic E-state index is 0. The molecular formula is C41H78ClN. The van der Waals surface area contributed by atoms with Crippen LogP contribution in [-0.4, -0.2) is 0 Å². The quantitative estimate of drug-likeness (QED) is 0.0533. The van der Waals surface area contributed by atoms with Gasteiger partial charge in [0.25, 0.3) is 0 Å². The Labute approximate surface area is 278 Å². The third-order valence-electron chi connectivity index (χ3n) is 9.69. The van der Waals surface area contributed by atoms with Crippen molar-refractivity contribution in [3.63, 3.8) is 0 Å². The van der Waals surface area contributed by atoms with Crippen molar-refractivity contribution >= 4 is 0 Å². The van der Waals surface area contributed by atoms with E-state index in [0.717, 1.165) is 0 Å². The Hall–Kier alpha value is -0.560. The number of hydrogen-bond donors (Lipinski definition) is 0. The zero-order valence-corrected chi connectivity index (χ0v) is 30.4. The molecule has 0 N–H and O–H groups in total. The standard InChI is InChI=1S/C41H78N.ClH/c1-3-5-7-9-11-13-15-17-19-21-23-25-27-29-31-34-38-41(42-39-35-32-36-40-42)37-33-30-28-26-24-22-20-18-16-14-12-10-8-6-4-2;/h32,35-36,39-41H,3-31,33-34,37-38H2,1-2H3;1H/q+1;/p-1. The van der Waals surface area contributed by atoms with Crippen LogP contribution < -0.4 is 17.0 Å². The van der Waals surface area contributed by atoms with Gasteiger partial charge in [0.15, 0.2) is 18.4 Å². The van der Waals surface area contributed by atoms with E-state index in [1.807, 2.05) is 0 Å². The van der Waals surface area contributed by atoms with E-state index in [9.17, 15) is 0 Å². The zero-order valence-electron chi connectivity index (χ0n) is 29.6. The van der Waals surface area contributed by atoms with Crippen molar-refractivity contribution in [3.8, 4) is 0 Å². The van der Waals surface area contributed by atoms with Gasteiger partial charge in [-0.1, -0.05) is 206 Å². The summed E-state index contributed by atoms with van der Waals surface area (Å²) >= 11 is 0. The van der Waals surface area contributed by atoms with Crippen LogP contribution in [0.25, 0.3) is 0 Å². The largest absolute Gasteiger partial charge is 1.00 e. The van der Waals surface area contributed by atoms with E-state index in [-0.39, 0.29) is 12.4 Å². The number of halogens is 1. The summed E-state index contributed by atoms with van der Waals surface area (Å²) in [6, 6.07) is 7.30. The van der Waals surface area contributed by atoms with E-state index >= 15 is 0 Å². The van der Waals surface area contributed by atoms with Crippen molar-refractivity contribution in [2.24, 2.45) is 0 Å². The maximum absolute atomic E-state index is 2.51. The summed E-state index contributed by atoms with van der Waals surface area (Å²) in [7, 11) is 0. The molecule has 0 bridgehead atoms. The number of unbranched alkanes of at least 4 members (excludes halogenated alkanes) is 29. The first kappa shape index (κ1) is 42.4. The number of pyridine rings is 1. The first-order chi connectivity index (χ1) is 20.9. The van der Waals surface area contributed by atoms with E-state index in [2.05, 4.69) is 49.0 Å². The van der Waals surface area contributed by atoms with Gasteiger partial charge in [-0.2, -0.15) is 0 Å². The number of nitrogens with zero attached hydrogens (tertiary/aromatic N) is 1. The first-order valence-corrected chi connectivity index (χ1v) is 19.8. The van der Waals surface area contributed by atoms with Crippen LogP contribution in [0.15, 0.2) is 30.6 Å². The monoisotopic (exact) mass is 620 g/mol. The molecule has 0 aromatic carbocycles. The van der Waals surface area contributed by atoms with E-state index in [0.29, 0.717) is 6.04 Å². The molecule has 0 aliphatic carbocycles. The van der Waals surface area contributed by atoms with Crippen molar-refractivity contribution in [1.82, 2.24) is 0 Å². The molecule has 1 aromatic rings. The predicted molar refractivity (Wildman–Crippen MR) is 189 cm³/mol. The third kappa shape index (κ3) is 29.9. The summed E-state index contributed by atoms with van der Waals surface area (Å²) in [5.41, 5.74) is 0. The maximum atomic E-state index is 2.51. The van der Waals surface area contributed by atoms with E-state index in [1.165, 1.54) is 212 Å². The Bertz CT molecular complexity index is 617. The highest BCUT2D eigenvalue weighted by molar-refractivity contribution is 4.84. The molecule has 1 atom stereocenters. The van der Waals surface area contributed by atoms with Gasteiger partial charge in [0, 0.05) is 25.0 Å². The summed E-state index contributed by atoms with van der Waals surface area (Å²) in [5, 5.41) is 0. The molecule has 0 radical (unpaired) electrons. The zero-order chi connectivity index (χ0) is 30.0. The van der Waals surface area contributed by atoms with Crippen molar-refractivity contribution in [1.29, 1.82) is 0 Å². The average molecular weight is 621 g/mol. The summed E-state index contributed by atoms with van der Waals surface area (Å²) in [6.07, 6.45) is 52.4.